The molecule has 2 fully saturated rings. The Kier molecular flexibility index (Phi) is 5.14. The van der Waals surface area contributed by atoms with Crippen LogP contribution in [0.4, 0.5) is 10.2 Å². The van der Waals surface area contributed by atoms with Gasteiger partial charge in [0.25, 0.3) is 0 Å². The number of aromatic nitrogens is 2. The molecule has 0 unspecified atom stereocenters. The number of rotatable bonds is 4. The highest BCUT2D eigenvalue weighted by molar-refractivity contribution is 5.95. The number of hydrogen-bond donors (Lipinski definition) is 1. The minimum Gasteiger partial charge on any atom is -0.379 e. The zero-order valence-electron chi connectivity index (χ0n) is 16.6. The van der Waals surface area contributed by atoms with Gasteiger partial charge in [-0.05, 0) is 42.0 Å². The van der Waals surface area contributed by atoms with Crippen LogP contribution in [0.25, 0.3) is 21.9 Å². The quantitative estimate of drug-likeness (QED) is 0.719. The van der Waals surface area contributed by atoms with Crippen molar-refractivity contribution in [3.63, 3.8) is 0 Å². The van der Waals surface area contributed by atoms with Gasteiger partial charge in [-0.2, -0.15) is 0 Å². The van der Waals surface area contributed by atoms with Gasteiger partial charge in [-0.3, -0.25) is 14.7 Å². The molecule has 0 radical (unpaired) electrons. The highest BCUT2D eigenvalue weighted by atomic mass is 19.1. The van der Waals surface area contributed by atoms with Crippen LogP contribution in [-0.4, -0.2) is 53.1 Å². The summed E-state index contributed by atoms with van der Waals surface area (Å²) in [5.74, 6) is 0.222. The predicted molar refractivity (Wildman–Crippen MR) is 112 cm³/mol. The summed E-state index contributed by atoms with van der Waals surface area (Å²) >= 11 is 0. The molecular formula is C23H23FN4O2. The van der Waals surface area contributed by atoms with Crippen molar-refractivity contribution in [2.24, 2.45) is 5.92 Å². The number of nitrogens with one attached hydrogen (secondary N) is 1. The van der Waals surface area contributed by atoms with Crippen LogP contribution in [0, 0.1) is 11.7 Å². The van der Waals surface area contributed by atoms with Gasteiger partial charge >= 0.3 is 0 Å². The van der Waals surface area contributed by atoms with Crippen molar-refractivity contribution < 1.29 is 13.9 Å². The molecule has 3 heterocycles. The Balaban J connectivity index is 1.27. The predicted octanol–water partition coefficient (Wildman–Crippen LogP) is 3.49. The summed E-state index contributed by atoms with van der Waals surface area (Å²) in [6, 6.07) is 9.62. The number of carbonyl (C=O) groups is 1. The molecule has 3 aromatic rings. The molecule has 1 saturated carbocycles. The molecule has 0 spiro atoms. The largest absolute Gasteiger partial charge is 0.379 e. The molecule has 1 amide bonds. The molecule has 1 N–H and O–H groups in total. The molecule has 1 aromatic carbocycles. The summed E-state index contributed by atoms with van der Waals surface area (Å²) < 4.78 is 18.9. The van der Waals surface area contributed by atoms with E-state index < -0.39 is 0 Å². The molecule has 30 heavy (non-hydrogen) atoms. The number of nitrogens with zero attached hydrogens (tertiary/aromatic N) is 3. The van der Waals surface area contributed by atoms with Crippen molar-refractivity contribution in [1.29, 1.82) is 0 Å². The minimum absolute atomic E-state index is 0.0249. The number of hydrogen-bond acceptors (Lipinski definition) is 5. The van der Waals surface area contributed by atoms with E-state index in [9.17, 15) is 9.18 Å². The maximum atomic E-state index is 13.5. The second kappa shape index (κ2) is 8.08. The van der Waals surface area contributed by atoms with Gasteiger partial charge in [0.1, 0.15) is 11.6 Å². The van der Waals surface area contributed by atoms with Crippen molar-refractivity contribution in [2.75, 3.05) is 31.6 Å². The van der Waals surface area contributed by atoms with Gasteiger partial charge in [0.15, 0.2) is 0 Å². The number of anilines is 1. The van der Waals surface area contributed by atoms with Crippen LogP contribution in [-0.2, 0) is 9.53 Å². The van der Waals surface area contributed by atoms with Gasteiger partial charge in [0.05, 0.1) is 19.4 Å². The van der Waals surface area contributed by atoms with E-state index in [1.54, 1.807) is 12.4 Å². The van der Waals surface area contributed by atoms with Crippen LogP contribution in [0.5, 0.6) is 0 Å². The summed E-state index contributed by atoms with van der Waals surface area (Å²) in [6.45, 7) is 3.47. The molecule has 2 aliphatic rings. The highest BCUT2D eigenvalue weighted by Crippen LogP contribution is 2.33. The van der Waals surface area contributed by atoms with Crippen molar-refractivity contribution in [1.82, 2.24) is 14.9 Å². The Morgan fingerprint density at radius 1 is 1.03 bits per heavy atom. The second-order valence-electron chi connectivity index (χ2n) is 7.98. The lowest BCUT2D eigenvalue weighted by molar-refractivity contribution is -0.125. The second-order valence-corrected chi connectivity index (χ2v) is 7.98. The fourth-order valence-electron chi connectivity index (χ4n) is 4.23. The zero-order chi connectivity index (χ0) is 20.5. The van der Waals surface area contributed by atoms with E-state index in [-0.39, 0.29) is 17.6 Å². The fraction of sp³-hybridized carbons (Fsp3) is 0.348. The van der Waals surface area contributed by atoms with E-state index in [2.05, 4.69) is 20.2 Å². The molecule has 0 bridgehead atoms. The number of carbonyl (C=O) groups excluding carboxylic acids is 1. The summed E-state index contributed by atoms with van der Waals surface area (Å²) in [4.78, 5) is 23.4. The van der Waals surface area contributed by atoms with E-state index in [1.165, 1.54) is 12.3 Å². The molecule has 1 saturated heterocycles. The molecule has 0 atom stereocenters. The Bertz CT molecular complexity index is 1080. The van der Waals surface area contributed by atoms with Crippen LogP contribution >= 0.6 is 0 Å². The molecule has 154 valence electrons. The van der Waals surface area contributed by atoms with Gasteiger partial charge in [-0.1, -0.05) is 12.1 Å². The minimum atomic E-state index is -0.369. The maximum Gasteiger partial charge on any atom is 0.228 e. The van der Waals surface area contributed by atoms with E-state index >= 15 is 0 Å². The lowest BCUT2D eigenvalue weighted by Gasteiger charge is -2.43. The number of benzene rings is 1. The van der Waals surface area contributed by atoms with Crippen LogP contribution in [0.15, 0.2) is 48.9 Å². The van der Waals surface area contributed by atoms with Gasteiger partial charge in [-0.25, -0.2) is 9.37 Å². The van der Waals surface area contributed by atoms with Crippen LogP contribution in [0.2, 0.25) is 0 Å². The average Bonchev–Trinajstić information content (AvgIpc) is 2.73. The maximum absolute atomic E-state index is 13.5. The third kappa shape index (κ3) is 3.91. The molecule has 6 nitrogen and oxygen atoms in total. The molecule has 1 aliphatic heterocycles. The first-order valence-electron chi connectivity index (χ1n) is 10.3. The molecule has 7 heteroatoms. The van der Waals surface area contributed by atoms with Crippen molar-refractivity contribution >= 4 is 22.5 Å². The van der Waals surface area contributed by atoms with Crippen molar-refractivity contribution in [3.8, 4) is 11.1 Å². The van der Waals surface area contributed by atoms with E-state index in [1.807, 2.05) is 24.3 Å². The molecule has 5 rings (SSSR count). The topological polar surface area (TPSA) is 67.4 Å². The third-order valence-electron chi connectivity index (χ3n) is 6.06. The van der Waals surface area contributed by atoms with Gasteiger partial charge in [0.2, 0.25) is 5.91 Å². The number of amides is 1. The lowest BCUT2D eigenvalue weighted by atomic mass is 9.78. The number of pyridine rings is 2. The monoisotopic (exact) mass is 406 g/mol. The Labute approximate surface area is 174 Å². The summed E-state index contributed by atoms with van der Waals surface area (Å²) in [5.41, 5.74) is 1.58. The lowest BCUT2D eigenvalue weighted by Crippen LogP contribution is -2.52. The zero-order valence-corrected chi connectivity index (χ0v) is 16.6. The first-order chi connectivity index (χ1) is 14.7. The Hall–Kier alpha value is -2.90. The molecule has 1 aliphatic carbocycles. The van der Waals surface area contributed by atoms with Gasteiger partial charge in [0, 0.05) is 48.4 Å². The first-order valence-corrected chi connectivity index (χ1v) is 10.3. The highest BCUT2D eigenvalue weighted by Gasteiger charge is 2.38. The Morgan fingerprint density at radius 2 is 1.87 bits per heavy atom. The summed E-state index contributed by atoms with van der Waals surface area (Å²) in [6.07, 6.45) is 6.34. The number of halogens is 1. The third-order valence-corrected chi connectivity index (χ3v) is 6.06. The van der Waals surface area contributed by atoms with E-state index in [0.717, 1.165) is 55.5 Å². The normalized spacial score (nSPS) is 21.9. The fourth-order valence-corrected chi connectivity index (χ4v) is 4.23. The van der Waals surface area contributed by atoms with Gasteiger partial charge < -0.3 is 10.1 Å². The van der Waals surface area contributed by atoms with Crippen LogP contribution < -0.4 is 5.32 Å². The number of morpholine rings is 1. The molecular weight excluding hydrogens is 383 g/mol. The SMILES string of the molecule is O=C(Nc1cc2cc(-c3cncc(F)c3)ccc2cn1)C1CC(N2CCOCC2)C1. The van der Waals surface area contributed by atoms with Crippen LogP contribution in [0.3, 0.4) is 0 Å². The van der Waals surface area contributed by atoms with E-state index in [0.29, 0.717) is 17.4 Å². The standard InChI is InChI=1S/C23H23FN4O2/c24-20-8-19(12-25-14-20)15-1-2-16-13-26-22(11-17(16)7-15)27-23(29)18-9-21(10-18)28-3-5-30-6-4-28/h1-2,7-8,11-14,18,21H,3-6,9-10H2,(H,26,27,29). The van der Waals surface area contributed by atoms with Crippen molar-refractivity contribution in [2.45, 2.75) is 18.9 Å². The number of fused-ring (bicyclic) bond motifs is 1. The number of ether oxygens (including phenoxy) is 1. The first kappa shape index (κ1) is 19.1. The Morgan fingerprint density at radius 3 is 2.67 bits per heavy atom. The van der Waals surface area contributed by atoms with Gasteiger partial charge in [-0.15, -0.1) is 0 Å². The van der Waals surface area contributed by atoms with Crippen molar-refractivity contribution in [3.05, 3.63) is 54.7 Å². The molecule has 2 aromatic heterocycles. The van der Waals surface area contributed by atoms with E-state index in [4.69, 9.17) is 4.74 Å². The smallest absolute Gasteiger partial charge is 0.228 e. The van der Waals surface area contributed by atoms with Crippen LogP contribution in [0.1, 0.15) is 12.8 Å². The summed E-state index contributed by atoms with van der Waals surface area (Å²) in [7, 11) is 0. The average molecular weight is 406 g/mol. The summed E-state index contributed by atoms with van der Waals surface area (Å²) in [5, 5.41) is 4.85.